The second-order valence-electron chi connectivity index (χ2n) is 7.25. The number of nitro benzene ring substituents is 1. The number of nitro groups is 1. The Balaban J connectivity index is 2.25. The van der Waals surface area contributed by atoms with Crippen LogP contribution < -0.4 is 10.1 Å². The van der Waals surface area contributed by atoms with Gasteiger partial charge in [-0.1, -0.05) is 43.7 Å². The first kappa shape index (κ1) is 23.9. The summed E-state index contributed by atoms with van der Waals surface area (Å²) < 4.78 is 5.17. The van der Waals surface area contributed by atoms with Crippen LogP contribution in [0.2, 0.25) is 0 Å². The van der Waals surface area contributed by atoms with Crippen molar-refractivity contribution < 1.29 is 19.2 Å². The van der Waals surface area contributed by atoms with Crippen LogP contribution in [0.4, 0.5) is 5.69 Å². The van der Waals surface area contributed by atoms with Gasteiger partial charge in [-0.2, -0.15) is 0 Å². The van der Waals surface area contributed by atoms with Gasteiger partial charge in [0, 0.05) is 24.7 Å². The molecule has 2 rings (SSSR count). The van der Waals surface area contributed by atoms with Crippen molar-refractivity contribution in [3.05, 3.63) is 69.8 Å². The van der Waals surface area contributed by atoms with E-state index in [-0.39, 0.29) is 30.5 Å². The van der Waals surface area contributed by atoms with Crippen LogP contribution in [0.5, 0.6) is 5.75 Å². The number of rotatable bonds is 11. The summed E-state index contributed by atoms with van der Waals surface area (Å²) in [5.74, 6) is 0.0769. The molecule has 0 saturated carbocycles. The summed E-state index contributed by atoms with van der Waals surface area (Å²) >= 11 is 0. The maximum absolute atomic E-state index is 13.2. The monoisotopic (exact) mass is 427 g/mol. The van der Waals surface area contributed by atoms with Gasteiger partial charge >= 0.3 is 0 Å². The first-order chi connectivity index (χ1) is 14.9. The Morgan fingerprint density at radius 1 is 1.16 bits per heavy atom. The molecule has 0 aromatic heterocycles. The topological polar surface area (TPSA) is 102 Å². The van der Waals surface area contributed by atoms with Gasteiger partial charge in [0.1, 0.15) is 11.8 Å². The molecule has 1 atom stereocenters. The standard InChI is InChI=1S/C23H29N3O5/c1-4-5-14-24-23(28)17(2)25(16-18-10-12-20(31-3)13-11-18)22(27)15-19-8-6-7-9-21(19)26(29)30/h6-13,17H,4-5,14-16H2,1-3H3,(H,24,28). The molecule has 0 fully saturated rings. The lowest BCUT2D eigenvalue weighted by molar-refractivity contribution is -0.385. The zero-order valence-corrected chi connectivity index (χ0v) is 18.2. The summed E-state index contributed by atoms with van der Waals surface area (Å²) in [5, 5.41) is 14.2. The van der Waals surface area contributed by atoms with Crippen molar-refractivity contribution in [3.8, 4) is 5.75 Å². The number of unbranched alkanes of at least 4 members (excludes halogenated alkanes) is 1. The highest BCUT2D eigenvalue weighted by Crippen LogP contribution is 2.21. The van der Waals surface area contributed by atoms with Gasteiger partial charge < -0.3 is 15.0 Å². The largest absolute Gasteiger partial charge is 0.497 e. The van der Waals surface area contributed by atoms with E-state index in [1.165, 1.54) is 11.0 Å². The second kappa shape index (κ2) is 11.7. The lowest BCUT2D eigenvalue weighted by atomic mass is 10.1. The molecule has 2 aromatic rings. The van der Waals surface area contributed by atoms with Crippen molar-refractivity contribution in [2.24, 2.45) is 0 Å². The summed E-state index contributed by atoms with van der Waals surface area (Å²) in [4.78, 5) is 38.1. The number of benzene rings is 2. The van der Waals surface area contributed by atoms with Gasteiger partial charge in [-0.3, -0.25) is 19.7 Å². The predicted octanol–water partition coefficient (Wildman–Crippen LogP) is 3.48. The summed E-state index contributed by atoms with van der Waals surface area (Å²) in [6.07, 6.45) is 1.63. The Hall–Kier alpha value is -3.42. The zero-order valence-electron chi connectivity index (χ0n) is 18.2. The van der Waals surface area contributed by atoms with Crippen molar-refractivity contribution in [2.45, 2.75) is 45.7 Å². The molecule has 0 aliphatic carbocycles. The Morgan fingerprint density at radius 3 is 2.45 bits per heavy atom. The maximum Gasteiger partial charge on any atom is 0.273 e. The van der Waals surface area contributed by atoms with E-state index in [1.807, 2.05) is 19.1 Å². The first-order valence-electron chi connectivity index (χ1n) is 10.3. The SMILES string of the molecule is CCCCNC(=O)C(C)N(Cc1ccc(OC)cc1)C(=O)Cc1ccccc1[N+](=O)[O-]. The molecule has 166 valence electrons. The number of methoxy groups -OCH3 is 1. The second-order valence-corrected chi connectivity index (χ2v) is 7.25. The Kier molecular flexibility index (Phi) is 8.99. The lowest BCUT2D eigenvalue weighted by Gasteiger charge is -2.29. The van der Waals surface area contributed by atoms with Crippen LogP contribution in [0.3, 0.4) is 0 Å². The predicted molar refractivity (Wildman–Crippen MR) is 118 cm³/mol. The van der Waals surface area contributed by atoms with Crippen LogP contribution in [-0.4, -0.2) is 41.3 Å². The number of carbonyl (C=O) groups is 2. The summed E-state index contributed by atoms with van der Waals surface area (Å²) in [6.45, 7) is 4.43. The number of nitrogens with zero attached hydrogens (tertiary/aromatic N) is 2. The first-order valence-corrected chi connectivity index (χ1v) is 10.3. The fourth-order valence-corrected chi connectivity index (χ4v) is 3.15. The van der Waals surface area contributed by atoms with E-state index in [4.69, 9.17) is 4.74 Å². The molecule has 8 nitrogen and oxygen atoms in total. The molecule has 0 aliphatic heterocycles. The average molecular weight is 428 g/mol. The molecule has 0 aliphatic rings. The number of para-hydroxylation sites is 1. The van der Waals surface area contributed by atoms with Crippen molar-refractivity contribution in [2.75, 3.05) is 13.7 Å². The molecular weight excluding hydrogens is 398 g/mol. The molecular formula is C23H29N3O5. The van der Waals surface area contributed by atoms with Crippen LogP contribution in [0.25, 0.3) is 0 Å². The van der Waals surface area contributed by atoms with Crippen LogP contribution in [0, 0.1) is 10.1 Å². The highest BCUT2D eigenvalue weighted by Gasteiger charge is 2.27. The number of hydrogen-bond acceptors (Lipinski definition) is 5. The van der Waals surface area contributed by atoms with E-state index in [0.29, 0.717) is 17.9 Å². The number of amides is 2. The Labute approximate surface area is 182 Å². The molecule has 1 unspecified atom stereocenters. The van der Waals surface area contributed by atoms with Crippen molar-refractivity contribution in [1.82, 2.24) is 10.2 Å². The number of ether oxygens (including phenoxy) is 1. The summed E-state index contributed by atoms with van der Waals surface area (Å²) in [6, 6.07) is 12.6. The molecule has 31 heavy (non-hydrogen) atoms. The number of nitrogens with one attached hydrogen (secondary N) is 1. The van der Waals surface area contributed by atoms with E-state index >= 15 is 0 Å². The molecule has 2 amide bonds. The summed E-state index contributed by atoms with van der Waals surface area (Å²) in [7, 11) is 1.57. The van der Waals surface area contributed by atoms with Gasteiger partial charge in [0.05, 0.1) is 18.5 Å². The van der Waals surface area contributed by atoms with Gasteiger partial charge in [-0.15, -0.1) is 0 Å². The molecule has 0 spiro atoms. The van der Waals surface area contributed by atoms with Crippen molar-refractivity contribution in [3.63, 3.8) is 0 Å². The van der Waals surface area contributed by atoms with E-state index in [2.05, 4.69) is 5.32 Å². The number of hydrogen-bond donors (Lipinski definition) is 1. The van der Waals surface area contributed by atoms with Gasteiger partial charge in [-0.05, 0) is 31.0 Å². The van der Waals surface area contributed by atoms with E-state index < -0.39 is 11.0 Å². The smallest absolute Gasteiger partial charge is 0.273 e. The van der Waals surface area contributed by atoms with Crippen LogP contribution in [0.15, 0.2) is 48.5 Å². The van der Waals surface area contributed by atoms with Crippen molar-refractivity contribution in [1.29, 1.82) is 0 Å². The highest BCUT2D eigenvalue weighted by atomic mass is 16.6. The van der Waals surface area contributed by atoms with E-state index in [9.17, 15) is 19.7 Å². The lowest BCUT2D eigenvalue weighted by Crippen LogP contribution is -2.48. The third-order valence-corrected chi connectivity index (χ3v) is 5.04. The van der Waals surface area contributed by atoms with Crippen molar-refractivity contribution >= 4 is 17.5 Å². The molecule has 0 saturated heterocycles. The molecule has 2 aromatic carbocycles. The fraction of sp³-hybridized carbons (Fsp3) is 0.391. The molecule has 0 heterocycles. The van der Waals surface area contributed by atoms with Gasteiger partial charge in [-0.25, -0.2) is 0 Å². The zero-order chi connectivity index (χ0) is 22.8. The van der Waals surface area contributed by atoms with E-state index in [0.717, 1.165) is 18.4 Å². The van der Waals surface area contributed by atoms with E-state index in [1.54, 1.807) is 44.4 Å². The maximum atomic E-state index is 13.2. The van der Waals surface area contributed by atoms with Gasteiger partial charge in [0.2, 0.25) is 11.8 Å². The molecule has 0 radical (unpaired) electrons. The van der Waals surface area contributed by atoms with Crippen LogP contribution in [-0.2, 0) is 22.6 Å². The van der Waals surface area contributed by atoms with Crippen LogP contribution >= 0.6 is 0 Å². The third-order valence-electron chi connectivity index (χ3n) is 5.04. The van der Waals surface area contributed by atoms with Gasteiger partial charge in [0.25, 0.3) is 5.69 Å². The molecule has 1 N–H and O–H groups in total. The Bertz CT molecular complexity index is 898. The van der Waals surface area contributed by atoms with Gasteiger partial charge in [0.15, 0.2) is 0 Å². The molecule has 0 bridgehead atoms. The summed E-state index contributed by atoms with van der Waals surface area (Å²) in [5.41, 5.74) is 1.03. The molecule has 8 heteroatoms. The third kappa shape index (κ3) is 6.80. The minimum atomic E-state index is -0.728. The highest BCUT2D eigenvalue weighted by molar-refractivity contribution is 5.88. The normalized spacial score (nSPS) is 11.5. The quantitative estimate of drug-likeness (QED) is 0.336. The Morgan fingerprint density at radius 2 is 1.84 bits per heavy atom. The number of carbonyl (C=O) groups excluding carboxylic acids is 2. The average Bonchev–Trinajstić information content (AvgIpc) is 2.77. The van der Waals surface area contributed by atoms with Crippen LogP contribution in [0.1, 0.15) is 37.8 Å². The minimum Gasteiger partial charge on any atom is -0.497 e. The minimum absolute atomic E-state index is 0.111. The fourth-order valence-electron chi connectivity index (χ4n) is 3.15.